The minimum Gasteiger partial charge on any atom is -0.481 e. The average Bonchev–Trinajstić information content (AvgIpc) is 2.86. The molecule has 1 saturated carbocycles. The van der Waals surface area contributed by atoms with Crippen LogP contribution in [0.15, 0.2) is 18.2 Å². The van der Waals surface area contributed by atoms with Crippen molar-refractivity contribution in [2.75, 3.05) is 11.9 Å². The van der Waals surface area contributed by atoms with Crippen molar-refractivity contribution in [1.29, 1.82) is 0 Å². The Kier molecular flexibility index (Phi) is 3.92. The van der Waals surface area contributed by atoms with Crippen LogP contribution < -0.4 is 5.32 Å². The molecule has 0 saturated heterocycles. The minimum atomic E-state index is -0.787. The number of non-ortho nitro benzene ring substituents is 1. The fourth-order valence-electron chi connectivity index (χ4n) is 2.76. The number of carboxylic acid groups (broad SMARTS) is 1. The van der Waals surface area contributed by atoms with Crippen LogP contribution in [0.1, 0.15) is 31.2 Å². The molecule has 0 heterocycles. The van der Waals surface area contributed by atoms with Gasteiger partial charge in [0.15, 0.2) is 0 Å². The summed E-state index contributed by atoms with van der Waals surface area (Å²) in [6, 6.07) is 4.72. The van der Waals surface area contributed by atoms with Crippen LogP contribution in [0.4, 0.5) is 11.4 Å². The summed E-state index contributed by atoms with van der Waals surface area (Å²) in [5.74, 6) is -0.787. The van der Waals surface area contributed by atoms with Gasteiger partial charge in [-0.15, -0.1) is 0 Å². The number of hydrogen-bond donors (Lipinski definition) is 2. The van der Waals surface area contributed by atoms with Crippen molar-refractivity contribution >= 4 is 17.3 Å². The van der Waals surface area contributed by atoms with Gasteiger partial charge in [-0.05, 0) is 31.4 Å². The van der Waals surface area contributed by atoms with Crippen LogP contribution >= 0.6 is 0 Å². The Morgan fingerprint density at radius 2 is 2.05 bits per heavy atom. The van der Waals surface area contributed by atoms with Crippen LogP contribution in [0.5, 0.6) is 0 Å². The second kappa shape index (κ2) is 5.48. The monoisotopic (exact) mass is 278 g/mol. The molecule has 0 unspecified atom stereocenters. The van der Waals surface area contributed by atoms with Gasteiger partial charge in [0.1, 0.15) is 0 Å². The zero-order chi connectivity index (χ0) is 14.8. The number of aliphatic carboxylic acids is 1. The molecule has 1 aliphatic rings. The SMILES string of the molecule is Cc1cc(NCC2(C(=O)O)CCCC2)cc([N+](=O)[O-])c1. The first-order chi connectivity index (χ1) is 9.43. The topological polar surface area (TPSA) is 92.5 Å². The molecule has 1 fully saturated rings. The summed E-state index contributed by atoms with van der Waals surface area (Å²) in [7, 11) is 0. The quantitative estimate of drug-likeness (QED) is 0.638. The standard InChI is InChI=1S/C14H18N2O4/c1-10-6-11(8-12(7-10)16(19)20)15-9-14(13(17)18)4-2-3-5-14/h6-8,15H,2-5,9H2,1H3,(H,17,18). The number of nitrogens with zero attached hydrogens (tertiary/aromatic N) is 1. The predicted octanol–water partition coefficient (Wildman–Crippen LogP) is 2.96. The number of nitrogens with one attached hydrogen (secondary N) is 1. The van der Waals surface area contributed by atoms with E-state index in [9.17, 15) is 20.0 Å². The van der Waals surface area contributed by atoms with Gasteiger partial charge in [0.05, 0.1) is 10.3 Å². The van der Waals surface area contributed by atoms with Gasteiger partial charge in [-0.2, -0.15) is 0 Å². The van der Waals surface area contributed by atoms with E-state index in [2.05, 4.69) is 5.32 Å². The molecular formula is C14H18N2O4. The fourth-order valence-corrected chi connectivity index (χ4v) is 2.76. The Bertz CT molecular complexity index is 536. The van der Waals surface area contributed by atoms with Gasteiger partial charge in [0.25, 0.3) is 5.69 Å². The summed E-state index contributed by atoms with van der Waals surface area (Å²) < 4.78 is 0. The van der Waals surface area contributed by atoms with E-state index in [4.69, 9.17) is 0 Å². The van der Waals surface area contributed by atoms with Crippen molar-refractivity contribution in [2.24, 2.45) is 5.41 Å². The summed E-state index contributed by atoms with van der Waals surface area (Å²) in [4.78, 5) is 21.8. The van der Waals surface area contributed by atoms with E-state index in [1.165, 1.54) is 12.1 Å². The molecule has 6 nitrogen and oxygen atoms in total. The minimum absolute atomic E-state index is 0.0169. The molecule has 0 aromatic heterocycles. The number of hydrogen-bond acceptors (Lipinski definition) is 4. The Morgan fingerprint density at radius 3 is 2.60 bits per heavy atom. The Hall–Kier alpha value is -2.11. The maximum atomic E-state index is 11.4. The summed E-state index contributed by atoms with van der Waals surface area (Å²) in [5, 5.41) is 23.3. The van der Waals surface area contributed by atoms with Gasteiger partial charge in [-0.3, -0.25) is 14.9 Å². The van der Waals surface area contributed by atoms with Crippen LogP contribution in [0.25, 0.3) is 0 Å². The Balaban J connectivity index is 2.14. The lowest BCUT2D eigenvalue weighted by Crippen LogP contribution is -2.35. The van der Waals surface area contributed by atoms with E-state index in [-0.39, 0.29) is 5.69 Å². The van der Waals surface area contributed by atoms with Crippen molar-refractivity contribution in [2.45, 2.75) is 32.6 Å². The molecule has 6 heteroatoms. The number of anilines is 1. The van der Waals surface area contributed by atoms with Gasteiger partial charge < -0.3 is 10.4 Å². The normalized spacial score (nSPS) is 16.9. The molecule has 1 aromatic rings. The maximum absolute atomic E-state index is 11.4. The van der Waals surface area contributed by atoms with Crippen LogP contribution in [-0.4, -0.2) is 22.5 Å². The number of benzene rings is 1. The highest BCUT2D eigenvalue weighted by Gasteiger charge is 2.41. The first-order valence-electron chi connectivity index (χ1n) is 6.66. The van der Waals surface area contributed by atoms with Crippen molar-refractivity contribution < 1.29 is 14.8 Å². The highest BCUT2D eigenvalue weighted by Crippen LogP contribution is 2.38. The van der Waals surface area contributed by atoms with Gasteiger partial charge in [-0.25, -0.2) is 0 Å². The van der Waals surface area contributed by atoms with Crippen LogP contribution in [0.2, 0.25) is 0 Å². The lowest BCUT2D eigenvalue weighted by Gasteiger charge is -2.24. The number of nitro benzene ring substituents is 1. The number of carbonyl (C=O) groups is 1. The van der Waals surface area contributed by atoms with Gasteiger partial charge in [0.2, 0.25) is 0 Å². The molecule has 20 heavy (non-hydrogen) atoms. The van der Waals surface area contributed by atoms with E-state index in [1.807, 2.05) is 0 Å². The van der Waals surface area contributed by atoms with Gasteiger partial charge in [0, 0.05) is 24.4 Å². The van der Waals surface area contributed by atoms with Crippen molar-refractivity contribution in [3.8, 4) is 0 Å². The predicted molar refractivity (Wildman–Crippen MR) is 74.9 cm³/mol. The molecular weight excluding hydrogens is 260 g/mol. The molecule has 108 valence electrons. The van der Waals surface area contributed by atoms with Crippen LogP contribution in [-0.2, 0) is 4.79 Å². The summed E-state index contributed by atoms with van der Waals surface area (Å²) in [6.07, 6.45) is 3.15. The highest BCUT2D eigenvalue weighted by atomic mass is 16.6. The third kappa shape index (κ3) is 2.89. The zero-order valence-electron chi connectivity index (χ0n) is 11.4. The molecule has 0 bridgehead atoms. The lowest BCUT2D eigenvalue weighted by molar-refractivity contribution is -0.384. The van der Waals surface area contributed by atoms with E-state index >= 15 is 0 Å². The first kappa shape index (κ1) is 14.3. The van der Waals surface area contributed by atoms with Crippen LogP contribution in [0, 0.1) is 22.5 Å². The first-order valence-corrected chi connectivity index (χ1v) is 6.66. The Labute approximate surface area is 117 Å². The van der Waals surface area contributed by atoms with E-state index in [1.54, 1.807) is 13.0 Å². The second-order valence-electron chi connectivity index (χ2n) is 5.46. The number of carboxylic acids is 1. The highest BCUT2D eigenvalue weighted by molar-refractivity contribution is 5.76. The molecule has 1 aromatic carbocycles. The van der Waals surface area contributed by atoms with E-state index in [0.29, 0.717) is 25.1 Å². The Morgan fingerprint density at radius 1 is 1.40 bits per heavy atom. The molecule has 0 atom stereocenters. The third-order valence-corrected chi connectivity index (χ3v) is 3.92. The zero-order valence-corrected chi connectivity index (χ0v) is 11.4. The lowest BCUT2D eigenvalue weighted by atomic mass is 9.86. The van der Waals surface area contributed by atoms with Crippen molar-refractivity contribution in [3.05, 3.63) is 33.9 Å². The number of aryl methyl sites for hydroxylation is 1. The summed E-state index contributed by atoms with van der Waals surface area (Å²) >= 11 is 0. The van der Waals surface area contributed by atoms with Crippen LogP contribution in [0.3, 0.4) is 0 Å². The molecule has 1 aliphatic carbocycles. The van der Waals surface area contributed by atoms with E-state index < -0.39 is 16.3 Å². The molecule has 0 radical (unpaired) electrons. The summed E-state index contributed by atoms with van der Waals surface area (Å²) in [6.45, 7) is 2.09. The molecule has 2 rings (SSSR count). The second-order valence-corrected chi connectivity index (χ2v) is 5.46. The molecule has 0 aliphatic heterocycles. The molecule has 0 amide bonds. The van der Waals surface area contributed by atoms with E-state index in [0.717, 1.165) is 18.4 Å². The van der Waals surface area contributed by atoms with Gasteiger partial charge in [-0.1, -0.05) is 12.8 Å². The number of nitro groups is 1. The van der Waals surface area contributed by atoms with Gasteiger partial charge >= 0.3 is 5.97 Å². The van der Waals surface area contributed by atoms with Crippen molar-refractivity contribution in [1.82, 2.24) is 0 Å². The molecule has 2 N–H and O–H groups in total. The fraction of sp³-hybridized carbons (Fsp3) is 0.500. The average molecular weight is 278 g/mol. The molecule has 0 spiro atoms. The maximum Gasteiger partial charge on any atom is 0.311 e. The largest absolute Gasteiger partial charge is 0.481 e. The third-order valence-electron chi connectivity index (χ3n) is 3.92. The smallest absolute Gasteiger partial charge is 0.311 e. The summed E-state index contributed by atoms with van der Waals surface area (Å²) in [5.41, 5.74) is 0.656. The van der Waals surface area contributed by atoms with Crippen molar-refractivity contribution in [3.63, 3.8) is 0 Å². The number of rotatable bonds is 5.